The topological polar surface area (TPSA) is 114 Å². The summed E-state index contributed by atoms with van der Waals surface area (Å²) in [7, 11) is -0.169. The quantitative estimate of drug-likeness (QED) is 0.583. The highest BCUT2D eigenvalue weighted by molar-refractivity contribution is 7.89. The monoisotopic (exact) mass is 441 g/mol. The largest absolute Gasteiger partial charge is 0.493 e. The lowest BCUT2D eigenvalue weighted by Gasteiger charge is -2.32. The van der Waals surface area contributed by atoms with Crippen LogP contribution in [0.4, 0.5) is 0 Å². The lowest BCUT2D eigenvalue weighted by Crippen LogP contribution is -2.53. The van der Waals surface area contributed by atoms with Gasteiger partial charge in [0.1, 0.15) is 6.04 Å². The van der Waals surface area contributed by atoms with Gasteiger partial charge in [-0.3, -0.25) is 9.59 Å². The van der Waals surface area contributed by atoms with E-state index in [9.17, 15) is 18.0 Å². The van der Waals surface area contributed by atoms with Crippen LogP contribution in [0.5, 0.6) is 11.5 Å². The van der Waals surface area contributed by atoms with E-state index in [1.807, 2.05) is 6.07 Å². The van der Waals surface area contributed by atoms with Crippen molar-refractivity contribution in [2.45, 2.75) is 45.2 Å². The summed E-state index contributed by atoms with van der Waals surface area (Å²) >= 11 is 0. The summed E-state index contributed by atoms with van der Waals surface area (Å²) in [4.78, 5) is 24.6. The molecule has 2 N–H and O–H groups in total. The van der Waals surface area contributed by atoms with E-state index in [1.54, 1.807) is 19.1 Å². The molecule has 168 valence electrons. The molecule has 0 aromatic heterocycles. The second-order valence-corrected chi connectivity index (χ2v) is 9.45. The zero-order valence-corrected chi connectivity index (χ0v) is 18.8. The average Bonchev–Trinajstić information content (AvgIpc) is 2.73. The Morgan fingerprint density at radius 2 is 1.87 bits per heavy atom. The van der Waals surface area contributed by atoms with E-state index in [2.05, 4.69) is 10.6 Å². The molecule has 1 atom stereocenters. The molecular formula is C20H31N3O6S. The molecule has 0 unspecified atom stereocenters. The van der Waals surface area contributed by atoms with Crippen molar-refractivity contribution in [2.24, 2.45) is 0 Å². The Bertz CT molecular complexity index is 850. The van der Waals surface area contributed by atoms with Gasteiger partial charge in [0, 0.05) is 38.0 Å². The van der Waals surface area contributed by atoms with Crippen LogP contribution in [0.1, 0.15) is 32.3 Å². The van der Waals surface area contributed by atoms with Gasteiger partial charge in [0.05, 0.1) is 20.0 Å². The Labute approximate surface area is 178 Å². The molecule has 1 aliphatic rings. The lowest BCUT2D eigenvalue weighted by atomic mass is 10.0. The highest BCUT2D eigenvalue weighted by atomic mass is 32.2. The molecule has 1 fully saturated rings. The molecular weight excluding hydrogens is 410 g/mol. The summed E-state index contributed by atoms with van der Waals surface area (Å²) in [5.74, 6) is 0.493. The van der Waals surface area contributed by atoms with Crippen molar-refractivity contribution in [3.8, 4) is 11.5 Å². The molecule has 1 aromatic carbocycles. The SMILES string of the molecule is CCS(=O)(=O)N1CCC(NC(=O)[C@@H](Cc2cccc(OC)c2OC)NC(C)=O)CC1. The lowest BCUT2D eigenvalue weighted by molar-refractivity contribution is -0.128. The predicted molar refractivity (Wildman–Crippen MR) is 113 cm³/mol. The van der Waals surface area contributed by atoms with Crippen LogP contribution < -0.4 is 20.1 Å². The first-order chi connectivity index (χ1) is 14.2. The molecule has 0 radical (unpaired) electrons. The van der Waals surface area contributed by atoms with Gasteiger partial charge in [0.25, 0.3) is 0 Å². The summed E-state index contributed by atoms with van der Waals surface area (Å²) in [6.07, 6.45) is 1.29. The number of sulfonamides is 1. The third-order valence-corrected chi connectivity index (χ3v) is 7.04. The van der Waals surface area contributed by atoms with Crippen molar-refractivity contribution in [3.63, 3.8) is 0 Å². The van der Waals surface area contributed by atoms with Gasteiger partial charge in [0.2, 0.25) is 21.8 Å². The number of nitrogens with one attached hydrogen (secondary N) is 2. The minimum absolute atomic E-state index is 0.0665. The standard InChI is InChI=1S/C20H31N3O6S/c1-5-30(26,27)23-11-9-16(10-12-23)22-20(25)17(21-14(2)24)13-15-7-6-8-18(28-3)19(15)29-4/h6-8,16-17H,5,9-13H2,1-4H3,(H,21,24)(H,22,25)/t17-/m1/s1. The van der Waals surface area contributed by atoms with E-state index in [1.165, 1.54) is 25.4 Å². The van der Waals surface area contributed by atoms with Crippen LogP contribution in [0.15, 0.2) is 18.2 Å². The maximum Gasteiger partial charge on any atom is 0.243 e. The molecule has 1 heterocycles. The van der Waals surface area contributed by atoms with Crippen LogP contribution in [0.2, 0.25) is 0 Å². The normalized spacial score (nSPS) is 16.5. The molecule has 2 rings (SSSR count). The summed E-state index contributed by atoms with van der Waals surface area (Å²) < 4.78 is 36.2. The third-order valence-electron chi connectivity index (χ3n) is 5.16. The van der Waals surface area contributed by atoms with Gasteiger partial charge in [0.15, 0.2) is 11.5 Å². The summed E-state index contributed by atoms with van der Waals surface area (Å²) in [5, 5.41) is 5.65. The van der Waals surface area contributed by atoms with Gasteiger partial charge < -0.3 is 20.1 Å². The Hall–Kier alpha value is -2.33. The Balaban J connectivity index is 2.08. The number of carbonyl (C=O) groups excluding carboxylic acids is 2. The fourth-order valence-electron chi connectivity index (χ4n) is 3.55. The number of carbonyl (C=O) groups is 2. The maximum atomic E-state index is 12.9. The molecule has 1 aromatic rings. The first-order valence-electron chi connectivity index (χ1n) is 9.97. The number of rotatable bonds is 9. The van der Waals surface area contributed by atoms with Crippen LogP contribution in [0.3, 0.4) is 0 Å². The Morgan fingerprint density at radius 3 is 2.40 bits per heavy atom. The van der Waals surface area contributed by atoms with Crippen LogP contribution in [0, 0.1) is 0 Å². The van der Waals surface area contributed by atoms with E-state index < -0.39 is 16.1 Å². The fourth-order valence-corrected chi connectivity index (χ4v) is 4.68. The first-order valence-corrected chi connectivity index (χ1v) is 11.6. The number of benzene rings is 1. The van der Waals surface area contributed by atoms with E-state index in [0.29, 0.717) is 37.4 Å². The zero-order chi connectivity index (χ0) is 22.3. The van der Waals surface area contributed by atoms with Crippen molar-refractivity contribution in [3.05, 3.63) is 23.8 Å². The molecule has 0 spiro atoms. The predicted octanol–water partition coefficient (Wildman–Crippen LogP) is 0.681. The number of nitrogens with zero attached hydrogens (tertiary/aromatic N) is 1. The van der Waals surface area contributed by atoms with E-state index in [4.69, 9.17) is 9.47 Å². The third kappa shape index (κ3) is 6.09. The molecule has 1 saturated heterocycles. The highest BCUT2D eigenvalue weighted by Gasteiger charge is 2.30. The van der Waals surface area contributed by atoms with Gasteiger partial charge in [-0.2, -0.15) is 0 Å². The summed E-state index contributed by atoms with van der Waals surface area (Å²) in [6.45, 7) is 3.72. The van der Waals surface area contributed by atoms with Gasteiger partial charge in [-0.25, -0.2) is 12.7 Å². The number of amides is 2. The average molecular weight is 442 g/mol. The maximum absolute atomic E-state index is 12.9. The second kappa shape index (κ2) is 10.6. The smallest absolute Gasteiger partial charge is 0.243 e. The van der Waals surface area contributed by atoms with E-state index >= 15 is 0 Å². The van der Waals surface area contributed by atoms with Crippen LogP contribution in [0.25, 0.3) is 0 Å². The number of piperidine rings is 1. The molecule has 0 bridgehead atoms. The highest BCUT2D eigenvalue weighted by Crippen LogP contribution is 2.31. The number of ether oxygens (including phenoxy) is 2. The van der Waals surface area contributed by atoms with E-state index in [-0.39, 0.29) is 30.0 Å². The minimum atomic E-state index is -3.22. The van der Waals surface area contributed by atoms with Crippen molar-refractivity contribution in [1.29, 1.82) is 0 Å². The van der Waals surface area contributed by atoms with Crippen molar-refractivity contribution < 1.29 is 27.5 Å². The number of hydrogen-bond acceptors (Lipinski definition) is 6. The van der Waals surface area contributed by atoms with Crippen LogP contribution in [-0.2, 0) is 26.0 Å². The zero-order valence-electron chi connectivity index (χ0n) is 17.9. The Morgan fingerprint density at radius 1 is 1.20 bits per heavy atom. The molecule has 10 heteroatoms. The molecule has 30 heavy (non-hydrogen) atoms. The summed E-state index contributed by atoms with van der Waals surface area (Å²) in [5.41, 5.74) is 0.731. The van der Waals surface area contributed by atoms with Gasteiger partial charge in [-0.1, -0.05) is 12.1 Å². The van der Waals surface area contributed by atoms with Crippen LogP contribution >= 0.6 is 0 Å². The molecule has 0 aliphatic carbocycles. The van der Waals surface area contributed by atoms with Crippen molar-refractivity contribution in [2.75, 3.05) is 33.1 Å². The van der Waals surface area contributed by atoms with Crippen molar-refractivity contribution >= 4 is 21.8 Å². The van der Waals surface area contributed by atoms with Crippen LogP contribution in [-0.4, -0.2) is 69.7 Å². The molecule has 9 nitrogen and oxygen atoms in total. The van der Waals surface area contributed by atoms with Gasteiger partial charge >= 0.3 is 0 Å². The van der Waals surface area contributed by atoms with Gasteiger partial charge in [-0.15, -0.1) is 0 Å². The molecule has 1 aliphatic heterocycles. The van der Waals surface area contributed by atoms with E-state index in [0.717, 1.165) is 5.56 Å². The van der Waals surface area contributed by atoms with Gasteiger partial charge in [-0.05, 0) is 25.8 Å². The molecule has 0 saturated carbocycles. The van der Waals surface area contributed by atoms with Crippen molar-refractivity contribution in [1.82, 2.24) is 14.9 Å². The summed E-state index contributed by atoms with van der Waals surface area (Å²) in [6, 6.07) is 4.43. The first kappa shape index (κ1) is 23.9. The number of methoxy groups -OCH3 is 2. The molecule has 2 amide bonds. The minimum Gasteiger partial charge on any atom is -0.493 e. The Kier molecular flexibility index (Phi) is 8.48. The second-order valence-electron chi connectivity index (χ2n) is 7.19. The fraction of sp³-hybridized carbons (Fsp3) is 0.600. The number of para-hydroxylation sites is 1. The number of hydrogen-bond donors (Lipinski definition) is 2.